The van der Waals surface area contributed by atoms with Gasteiger partial charge in [0.2, 0.25) is 12.1 Å². The van der Waals surface area contributed by atoms with Crippen LogP contribution in [0.1, 0.15) is 29.2 Å². The number of hydrogen-bond donors (Lipinski definition) is 1. The summed E-state index contributed by atoms with van der Waals surface area (Å²) < 4.78 is 17.0. The van der Waals surface area contributed by atoms with Gasteiger partial charge in [0, 0.05) is 18.5 Å². The summed E-state index contributed by atoms with van der Waals surface area (Å²) in [5.74, 6) is 1.51. The number of anilines is 1. The first-order chi connectivity index (χ1) is 10.2. The highest BCUT2D eigenvalue weighted by atomic mass is 35.5. The van der Waals surface area contributed by atoms with Crippen LogP contribution >= 0.6 is 11.6 Å². The molecule has 1 unspecified atom stereocenters. The maximum atomic E-state index is 12.1. The SMILES string of the molecule is CNc1nc(Cl)nc2c1CCC2c1ccc(OCF)cc1. The molecule has 2 aromatic rings. The zero-order valence-electron chi connectivity index (χ0n) is 11.6. The summed E-state index contributed by atoms with van der Waals surface area (Å²) in [7, 11) is 1.83. The molecule has 1 aromatic carbocycles. The fourth-order valence-corrected chi connectivity index (χ4v) is 3.00. The van der Waals surface area contributed by atoms with Gasteiger partial charge >= 0.3 is 0 Å². The minimum Gasteiger partial charge on any atom is -0.463 e. The summed E-state index contributed by atoms with van der Waals surface area (Å²) in [5, 5.41) is 3.32. The highest BCUT2D eigenvalue weighted by molar-refractivity contribution is 6.28. The average molecular weight is 308 g/mol. The molecular formula is C15H15ClFN3O. The van der Waals surface area contributed by atoms with E-state index in [9.17, 15) is 4.39 Å². The van der Waals surface area contributed by atoms with Crippen LogP contribution in [0.15, 0.2) is 24.3 Å². The third-order valence-corrected chi connectivity index (χ3v) is 3.93. The maximum absolute atomic E-state index is 12.1. The predicted molar refractivity (Wildman–Crippen MR) is 79.8 cm³/mol. The van der Waals surface area contributed by atoms with Gasteiger partial charge in [-0.1, -0.05) is 12.1 Å². The fraction of sp³-hybridized carbons (Fsp3) is 0.333. The Kier molecular flexibility index (Phi) is 3.92. The van der Waals surface area contributed by atoms with E-state index >= 15 is 0 Å². The number of nitrogens with one attached hydrogen (secondary N) is 1. The third kappa shape index (κ3) is 2.65. The van der Waals surface area contributed by atoms with Crippen molar-refractivity contribution in [2.24, 2.45) is 0 Å². The Hall–Kier alpha value is -1.88. The Morgan fingerprint density at radius 1 is 1.33 bits per heavy atom. The summed E-state index contributed by atoms with van der Waals surface area (Å²) >= 11 is 6.00. The van der Waals surface area contributed by atoms with E-state index in [1.54, 1.807) is 12.1 Å². The Morgan fingerprint density at radius 2 is 2.10 bits per heavy atom. The molecule has 1 aliphatic carbocycles. The van der Waals surface area contributed by atoms with Gasteiger partial charge < -0.3 is 10.1 Å². The lowest BCUT2D eigenvalue weighted by Crippen LogP contribution is -2.04. The highest BCUT2D eigenvalue weighted by Crippen LogP contribution is 2.40. The zero-order chi connectivity index (χ0) is 14.8. The first-order valence-corrected chi connectivity index (χ1v) is 7.13. The molecule has 0 saturated carbocycles. The van der Waals surface area contributed by atoms with Crippen molar-refractivity contribution in [3.63, 3.8) is 0 Å². The quantitative estimate of drug-likeness (QED) is 0.877. The van der Waals surface area contributed by atoms with Crippen LogP contribution in [-0.2, 0) is 6.42 Å². The average Bonchev–Trinajstić information content (AvgIpc) is 2.91. The van der Waals surface area contributed by atoms with Gasteiger partial charge in [-0.3, -0.25) is 0 Å². The lowest BCUT2D eigenvalue weighted by Gasteiger charge is -2.13. The Bertz CT molecular complexity index is 648. The molecule has 1 atom stereocenters. The van der Waals surface area contributed by atoms with Gasteiger partial charge in [-0.2, -0.15) is 0 Å². The Balaban J connectivity index is 1.95. The van der Waals surface area contributed by atoms with Crippen molar-refractivity contribution in [1.82, 2.24) is 9.97 Å². The first-order valence-electron chi connectivity index (χ1n) is 6.75. The Morgan fingerprint density at radius 3 is 2.76 bits per heavy atom. The molecule has 0 amide bonds. The molecule has 21 heavy (non-hydrogen) atoms. The first kappa shape index (κ1) is 14.1. The van der Waals surface area contributed by atoms with Crippen molar-refractivity contribution >= 4 is 17.4 Å². The minimum atomic E-state index is -0.819. The number of hydrogen-bond acceptors (Lipinski definition) is 4. The van der Waals surface area contributed by atoms with Crippen molar-refractivity contribution in [3.8, 4) is 5.75 Å². The molecule has 0 fully saturated rings. The number of aromatic nitrogens is 2. The van der Waals surface area contributed by atoms with Crippen LogP contribution in [0.25, 0.3) is 0 Å². The van der Waals surface area contributed by atoms with Gasteiger partial charge in [0.15, 0.2) is 0 Å². The minimum absolute atomic E-state index is 0.187. The van der Waals surface area contributed by atoms with Gasteiger partial charge in [0.05, 0.1) is 5.69 Å². The maximum Gasteiger partial charge on any atom is 0.228 e. The second-order valence-electron chi connectivity index (χ2n) is 4.87. The van der Waals surface area contributed by atoms with E-state index in [1.807, 2.05) is 19.2 Å². The number of rotatable bonds is 4. The molecule has 0 radical (unpaired) electrons. The second-order valence-corrected chi connectivity index (χ2v) is 5.21. The largest absolute Gasteiger partial charge is 0.463 e. The Labute approximate surface area is 127 Å². The standard InChI is InChI=1S/C15H15ClFN3O/c1-18-14-12-7-6-11(13(12)19-15(16)20-14)9-2-4-10(5-3-9)21-8-17/h2-5,11H,6-8H2,1H3,(H,18,19,20). The molecule has 4 nitrogen and oxygen atoms in total. The molecule has 1 heterocycles. The summed E-state index contributed by atoms with van der Waals surface area (Å²) in [6.45, 7) is -0.819. The van der Waals surface area contributed by atoms with Gasteiger partial charge in [-0.05, 0) is 42.1 Å². The molecule has 0 bridgehead atoms. The van der Waals surface area contributed by atoms with Crippen LogP contribution in [0.2, 0.25) is 5.28 Å². The third-order valence-electron chi connectivity index (χ3n) is 3.77. The smallest absolute Gasteiger partial charge is 0.228 e. The van der Waals surface area contributed by atoms with Crippen LogP contribution in [-0.4, -0.2) is 23.9 Å². The van der Waals surface area contributed by atoms with Gasteiger partial charge in [0.1, 0.15) is 11.6 Å². The summed E-state index contributed by atoms with van der Waals surface area (Å²) in [5.41, 5.74) is 3.21. The van der Waals surface area contributed by atoms with Crippen LogP contribution in [0.3, 0.4) is 0 Å². The number of fused-ring (bicyclic) bond motifs is 1. The van der Waals surface area contributed by atoms with E-state index in [0.29, 0.717) is 5.75 Å². The number of nitrogens with zero attached hydrogens (tertiary/aromatic N) is 2. The fourth-order valence-electron chi connectivity index (χ4n) is 2.82. The number of ether oxygens (including phenoxy) is 1. The topological polar surface area (TPSA) is 47.0 Å². The van der Waals surface area contributed by atoms with E-state index in [4.69, 9.17) is 16.3 Å². The van der Waals surface area contributed by atoms with E-state index in [0.717, 1.165) is 35.5 Å². The van der Waals surface area contributed by atoms with Crippen molar-refractivity contribution in [1.29, 1.82) is 0 Å². The van der Waals surface area contributed by atoms with Crippen LogP contribution < -0.4 is 10.1 Å². The molecule has 6 heteroatoms. The zero-order valence-corrected chi connectivity index (χ0v) is 12.3. The molecule has 110 valence electrons. The molecule has 0 aliphatic heterocycles. The lowest BCUT2D eigenvalue weighted by atomic mass is 9.96. The van der Waals surface area contributed by atoms with Gasteiger partial charge in [0.25, 0.3) is 0 Å². The molecule has 1 aromatic heterocycles. The predicted octanol–water partition coefficient (Wildman–Crippen LogP) is 3.56. The lowest BCUT2D eigenvalue weighted by molar-refractivity contribution is 0.191. The van der Waals surface area contributed by atoms with E-state index in [1.165, 1.54) is 0 Å². The van der Waals surface area contributed by atoms with Crippen LogP contribution in [0, 0.1) is 0 Å². The van der Waals surface area contributed by atoms with Gasteiger partial charge in [-0.25, -0.2) is 14.4 Å². The molecule has 1 aliphatic rings. The van der Waals surface area contributed by atoms with Crippen molar-refractivity contribution < 1.29 is 9.13 Å². The van der Waals surface area contributed by atoms with Gasteiger partial charge in [-0.15, -0.1) is 0 Å². The molecule has 1 N–H and O–H groups in total. The molecule has 0 saturated heterocycles. The van der Waals surface area contributed by atoms with E-state index in [2.05, 4.69) is 15.3 Å². The summed E-state index contributed by atoms with van der Waals surface area (Å²) in [6, 6.07) is 7.43. The monoisotopic (exact) mass is 307 g/mol. The van der Waals surface area contributed by atoms with Crippen LogP contribution in [0.5, 0.6) is 5.75 Å². The molecule has 0 spiro atoms. The summed E-state index contributed by atoms with van der Waals surface area (Å²) in [6.07, 6.45) is 1.87. The number of benzene rings is 1. The normalized spacial score (nSPS) is 16.6. The van der Waals surface area contributed by atoms with Crippen molar-refractivity contribution in [2.75, 3.05) is 19.2 Å². The van der Waals surface area contributed by atoms with Crippen molar-refractivity contribution in [2.45, 2.75) is 18.8 Å². The number of halogens is 2. The molecule has 3 rings (SSSR count). The van der Waals surface area contributed by atoms with E-state index in [-0.39, 0.29) is 11.2 Å². The second kappa shape index (κ2) is 5.85. The number of alkyl halides is 1. The van der Waals surface area contributed by atoms with Crippen LogP contribution in [0.4, 0.5) is 10.2 Å². The van der Waals surface area contributed by atoms with Crippen molar-refractivity contribution in [3.05, 3.63) is 46.4 Å². The van der Waals surface area contributed by atoms with E-state index < -0.39 is 6.86 Å². The highest BCUT2D eigenvalue weighted by Gasteiger charge is 2.29. The summed E-state index contributed by atoms with van der Waals surface area (Å²) in [4.78, 5) is 8.61. The molecular weight excluding hydrogens is 293 g/mol.